The number of hydrogen-bond acceptors (Lipinski definition) is 5. The first-order chi connectivity index (χ1) is 8.65. The maximum absolute atomic E-state index is 10.8. The highest BCUT2D eigenvalue weighted by atomic mass is 16.5. The molecule has 1 aromatic carbocycles. The van der Waals surface area contributed by atoms with E-state index in [1.54, 1.807) is 6.92 Å². The fourth-order valence-corrected chi connectivity index (χ4v) is 1.57. The van der Waals surface area contributed by atoms with Crippen LogP contribution in [0.15, 0.2) is 30.3 Å². The Morgan fingerprint density at radius 2 is 2.11 bits per heavy atom. The van der Waals surface area contributed by atoms with Crippen LogP contribution in [0, 0.1) is 0 Å². The third-order valence-corrected chi connectivity index (χ3v) is 2.27. The number of nitrogens with zero attached hydrogens (tertiary/aromatic N) is 4. The molecule has 1 heterocycles. The fourth-order valence-electron chi connectivity index (χ4n) is 1.57. The lowest BCUT2D eigenvalue weighted by atomic mass is 10.2. The summed E-state index contributed by atoms with van der Waals surface area (Å²) in [5.74, 6) is 0.247. The standard InChI is InChI=1S/C12H14N4O2/c1-9(18-10(2)17)8-16-14-12(13-15-16)11-6-4-3-5-7-11/h3-7,9H,8H2,1-2H3/t9-/m0/s1. The summed E-state index contributed by atoms with van der Waals surface area (Å²) in [6, 6.07) is 9.58. The summed E-state index contributed by atoms with van der Waals surface area (Å²) >= 11 is 0. The highest BCUT2D eigenvalue weighted by Gasteiger charge is 2.10. The van der Waals surface area contributed by atoms with Crippen LogP contribution in [0.4, 0.5) is 0 Å². The Morgan fingerprint density at radius 3 is 2.78 bits per heavy atom. The van der Waals surface area contributed by atoms with Crippen LogP contribution in [0.5, 0.6) is 0 Å². The number of hydrogen-bond donors (Lipinski definition) is 0. The zero-order valence-corrected chi connectivity index (χ0v) is 10.3. The lowest BCUT2D eigenvalue weighted by molar-refractivity contribution is -0.146. The number of ether oxygens (including phenoxy) is 1. The van der Waals surface area contributed by atoms with Gasteiger partial charge in [-0.2, -0.15) is 4.80 Å². The van der Waals surface area contributed by atoms with Gasteiger partial charge in [0.25, 0.3) is 0 Å². The van der Waals surface area contributed by atoms with E-state index in [1.165, 1.54) is 11.7 Å². The van der Waals surface area contributed by atoms with Crippen LogP contribution >= 0.6 is 0 Å². The predicted octanol–water partition coefficient (Wildman–Crippen LogP) is 1.29. The molecule has 0 radical (unpaired) electrons. The van der Waals surface area contributed by atoms with E-state index in [-0.39, 0.29) is 12.1 Å². The van der Waals surface area contributed by atoms with Gasteiger partial charge < -0.3 is 4.74 Å². The van der Waals surface area contributed by atoms with Gasteiger partial charge in [-0.05, 0) is 12.1 Å². The zero-order valence-electron chi connectivity index (χ0n) is 10.3. The molecular weight excluding hydrogens is 232 g/mol. The molecule has 0 bridgehead atoms. The van der Waals surface area contributed by atoms with Gasteiger partial charge in [0.1, 0.15) is 6.10 Å². The van der Waals surface area contributed by atoms with E-state index < -0.39 is 0 Å². The van der Waals surface area contributed by atoms with E-state index in [2.05, 4.69) is 15.4 Å². The number of aromatic nitrogens is 4. The van der Waals surface area contributed by atoms with Gasteiger partial charge in [-0.1, -0.05) is 30.3 Å². The van der Waals surface area contributed by atoms with Crippen LogP contribution < -0.4 is 0 Å². The smallest absolute Gasteiger partial charge is 0.302 e. The van der Waals surface area contributed by atoms with Crippen molar-refractivity contribution >= 4 is 5.97 Å². The molecule has 0 aliphatic heterocycles. The molecule has 0 amide bonds. The molecule has 94 valence electrons. The molecule has 6 heteroatoms. The van der Waals surface area contributed by atoms with Gasteiger partial charge >= 0.3 is 5.97 Å². The van der Waals surface area contributed by atoms with Gasteiger partial charge in [0.2, 0.25) is 5.82 Å². The normalized spacial score (nSPS) is 12.1. The van der Waals surface area contributed by atoms with Crippen molar-refractivity contribution in [2.75, 3.05) is 0 Å². The van der Waals surface area contributed by atoms with Crippen molar-refractivity contribution in [1.29, 1.82) is 0 Å². The Labute approximate surface area is 105 Å². The van der Waals surface area contributed by atoms with E-state index in [4.69, 9.17) is 4.74 Å². The Balaban J connectivity index is 2.05. The summed E-state index contributed by atoms with van der Waals surface area (Å²) in [5, 5.41) is 12.1. The van der Waals surface area contributed by atoms with Crippen LogP contribution in [0.1, 0.15) is 13.8 Å². The van der Waals surface area contributed by atoms with Crippen LogP contribution in [-0.4, -0.2) is 32.3 Å². The van der Waals surface area contributed by atoms with Crippen molar-refractivity contribution in [3.63, 3.8) is 0 Å². The van der Waals surface area contributed by atoms with E-state index in [1.807, 2.05) is 30.3 Å². The number of tetrazole rings is 1. The Kier molecular flexibility index (Phi) is 3.66. The Morgan fingerprint density at radius 1 is 1.39 bits per heavy atom. The number of benzene rings is 1. The monoisotopic (exact) mass is 246 g/mol. The van der Waals surface area contributed by atoms with Crippen molar-refractivity contribution in [2.24, 2.45) is 0 Å². The molecule has 1 aromatic heterocycles. The number of carbonyl (C=O) groups is 1. The van der Waals surface area contributed by atoms with Gasteiger partial charge in [-0.25, -0.2) is 0 Å². The van der Waals surface area contributed by atoms with E-state index in [0.29, 0.717) is 12.4 Å². The number of carbonyl (C=O) groups excluding carboxylic acids is 1. The molecule has 2 aromatic rings. The molecule has 0 N–H and O–H groups in total. The maximum Gasteiger partial charge on any atom is 0.302 e. The van der Waals surface area contributed by atoms with Gasteiger partial charge in [0.05, 0.1) is 6.54 Å². The highest BCUT2D eigenvalue weighted by molar-refractivity contribution is 5.66. The summed E-state index contributed by atoms with van der Waals surface area (Å²) in [6.45, 7) is 3.55. The summed E-state index contributed by atoms with van der Waals surface area (Å²) < 4.78 is 5.00. The second-order valence-corrected chi connectivity index (χ2v) is 3.95. The zero-order chi connectivity index (χ0) is 13.0. The molecule has 0 saturated heterocycles. The summed E-state index contributed by atoms with van der Waals surface area (Å²) in [6.07, 6.45) is -0.277. The molecule has 0 spiro atoms. The first kappa shape index (κ1) is 12.2. The molecule has 6 nitrogen and oxygen atoms in total. The van der Waals surface area contributed by atoms with Crippen molar-refractivity contribution in [3.8, 4) is 11.4 Å². The predicted molar refractivity (Wildman–Crippen MR) is 64.5 cm³/mol. The fraction of sp³-hybridized carbons (Fsp3) is 0.333. The van der Waals surface area contributed by atoms with E-state index in [9.17, 15) is 4.79 Å². The molecule has 0 saturated carbocycles. The molecular formula is C12H14N4O2. The summed E-state index contributed by atoms with van der Waals surface area (Å²) in [4.78, 5) is 12.2. The van der Waals surface area contributed by atoms with Crippen molar-refractivity contribution < 1.29 is 9.53 Å². The molecule has 0 aliphatic rings. The third-order valence-electron chi connectivity index (χ3n) is 2.27. The minimum Gasteiger partial charge on any atom is -0.461 e. The Bertz CT molecular complexity index is 524. The van der Waals surface area contributed by atoms with Crippen LogP contribution in [0.25, 0.3) is 11.4 Å². The van der Waals surface area contributed by atoms with Crippen LogP contribution in [-0.2, 0) is 16.1 Å². The minimum absolute atomic E-state index is 0.277. The van der Waals surface area contributed by atoms with E-state index in [0.717, 1.165) is 5.56 Å². The SMILES string of the molecule is CC(=O)O[C@@H](C)Cn1nnc(-c2ccccc2)n1. The average Bonchev–Trinajstić information content (AvgIpc) is 2.77. The molecule has 0 aliphatic carbocycles. The summed E-state index contributed by atoms with van der Waals surface area (Å²) in [7, 11) is 0. The second-order valence-electron chi connectivity index (χ2n) is 3.95. The van der Waals surface area contributed by atoms with Gasteiger partial charge in [0.15, 0.2) is 0 Å². The molecule has 18 heavy (non-hydrogen) atoms. The topological polar surface area (TPSA) is 69.9 Å². The molecule has 0 fully saturated rings. The first-order valence-corrected chi connectivity index (χ1v) is 5.65. The molecule has 1 atom stereocenters. The minimum atomic E-state index is -0.314. The summed E-state index contributed by atoms with van der Waals surface area (Å²) in [5.41, 5.74) is 0.906. The lowest BCUT2D eigenvalue weighted by Gasteiger charge is -2.09. The van der Waals surface area contributed by atoms with Crippen LogP contribution in [0.3, 0.4) is 0 Å². The van der Waals surface area contributed by atoms with Gasteiger partial charge in [-0.3, -0.25) is 4.79 Å². The molecule has 2 rings (SSSR count). The van der Waals surface area contributed by atoms with E-state index >= 15 is 0 Å². The quantitative estimate of drug-likeness (QED) is 0.760. The van der Waals surface area contributed by atoms with Gasteiger partial charge in [0, 0.05) is 12.5 Å². The van der Waals surface area contributed by atoms with Crippen molar-refractivity contribution in [2.45, 2.75) is 26.5 Å². The highest BCUT2D eigenvalue weighted by Crippen LogP contribution is 2.11. The largest absolute Gasteiger partial charge is 0.461 e. The van der Waals surface area contributed by atoms with Crippen molar-refractivity contribution in [3.05, 3.63) is 30.3 Å². The van der Waals surface area contributed by atoms with Crippen molar-refractivity contribution in [1.82, 2.24) is 20.2 Å². The third kappa shape index (κ3) is 3.13. The average molecular weight is 246 g/mol. The maximum atomic E-state index is 10.8. The lowest BCUT2D eigenvalue weighted by Crippen LogP contribution is -2.20. The second kappa shape index (κ2) is 5.39. The van der Waals surface area contributed by atoms with Crippen LogP contribution in [0.2, 0.25) is 0 Å². The van der Waals surface area contributed by atoms with Gasteiger partial charge in [-0.15, -0.1) is 10.2 Å². The number of esters is 1. The number of rotatable bonds is 4. The molecule has 0 unspecified atom stereocenters. The first-order valence-electron chi connectivity index (χ1n) is 5.65. The Hall–Kier alpha value is -2.24.